The maximum atomic E-state index is 12.9. The van der Waals surface area contributed by atoms with E-state index in [0.717, 1.165) is 5.56 Å². The number of hydrogen-bond acceptors (Lipinski definition) is 6. The van der Waals surface area contributed by atoms with Crippen molar-refractivity contribution < 1.29 is 24.3 Å². The van der Waals surface area contributed by atoms with Crippen LogP contribution in [0.5, 0.6) is 0 Å². The summed E-state index contributed by atoms with van der Waals surface area (Å²) >= 11 is 0. The van der Waals surface area contributed by atoms with Gasteiger partial charge in [-0.1, -0.05) is 30.3 Å². The molecule has 2 rings (SSSR count). The molecule has 1 saturated heterocycles. The average Bonchev–Trinajstić information content (AvgIpc) is 3.28. The first kappa shape index (κ1) is 26.3. The highest BCUT2D eigenvalue weighted by Gasteiger charge is 2.36. The third-order valence-corrected chi connectivity index (χ3v) is 5.77. The van der Waals surface area contributed by atoms with Crippen molar-refractivity contribution in [1.29, 1.82) is 0 Å². The number of nitrogens with zero attached hydrogens (tertiary/aromatic N) is 1. The van der Waals surface area contributed by atoms with Gasteiger partial charge in [0, 0.05) is 6.54 Å². The van der Waals surface area contributed by atoms with Gasteiger partial charge in [0.05, 0.1) is 6.04 Å². The van der Waals surface area contributed by atoms with E-state index in [1.54, 1.807) is 0 Å². The minimum atomic E-state index is -1.06. The summed E-state index contributed by atoms with van der Waals surface area (Å²) in [6.07, 6.45) is 2.94. The Labute approximate surface area is 194 Å². The van der Waals surface area contributed by atoms with E-state index in [2.05, 4.69) is 10.6 Å². The van der Waals surface area contributed by atoms with Crippen LogP contribution in [0, 0.1) is 0 Å². The lowest BCUT2D eigenvalue weighted by Crippen LogP contribution is -2.56. The van der Waals surface area contributed by atoms with Gasteiger partial charge in [-0.25, -0.2) is 4.79 Å². The van der Waals surface area contributed by atoms with Gasteiger partial charge in [-0.15, -0.1) is 0 Å². The largest absolute Gasteiger partial charge is 0.480 e. The molecule has 0 aromatic heterocycles. The summed E-state index contributed by atoms with van der Waals surface area (Å²) in [5, 5.41) is 14.6. The van der Waals surface area contributed by atoms with Gasteiger partial charge >= 0.3 is 5.97 Å². The van der Waals surface area contributed by atoms with E-state index in [9.17, 15) is 24.3 Å². The second-order valence-electron chi connectivity index (χ2n) is 8.40. The SMILES string of the molecule is CC(NC(=O)C(CCCCN)NC(=O)C(N)Cc1ccccc1)C(=O)N1CCCC1C(=O)O. The molecule has 33 heavy (non-hydrogen) atoms. The summed E-state index contributed by atoms with van der Waals surface area (Å²) in [5.41, 5.74) is 12.5. The Morgan fingerprint density at radius 3 is 2.45 bits per heavy atom. The van der Waals surface area contributed by atoms with E-state index in [0.29, 0.717) is 51.6 Å². The van der Waals surface area contributed by atoms with Crippen LogP contribution in [-0.4, -0.2) is 71.0 Å². The second-order valence-corrected chi connectivity index (χ2v) is 8.40. The van der Waals surface area contributed by atoms with Crippen molar-refractivity contribution in [3.05, 3.63) is 35.9 Å². The minimum absolute atomic E-state index is 0.324. The fraction of sp³-hybridized carbons (Fsp3) is 0.565. The molecule has 10 nitrogen and oxygen atoms in total. The molecule has 7 N–H and O–H groups in total. The number of carboxylic acids is 1. The van der Waals surface area contributed by atoms with Crippen LogP contribution in [0.4, 0.5) is 0 Å². The van der Waals surface area contributed by atoms with Crippen molar-refractivity contribution in [2.24, 2.45) is 11.5 Å². The highest BCUT2D eigenvalue weighted by Crippen LogP contribution is 2.18. The Bertz CT molecular complexity index is 819. The number of carbonyl (C=O) groups excluding carboxylic acids is 3. The van der Waals surface area contributed by atoms with E-state index in [4.69, 9.17) is 11.5 Å². The molecule has 1 fully saturated rings. The highest BCUT2D eigenvalue weighted by atomic mass is 16.4. The van der Waals surface area contributed by atoms with Gasteiger partial charge in [0.25, 0.3) is 0 Å². The van der Waals surface area contributed by atoms with Crippen molar-refractivity contribution in [1.82, 2.24) is 15.5 Å². The molecule has 3 amide bonds. The molecule has 0 aliphatic carbocycles. The third kappa shape index (κ3) is 7.83. The van der Waals surface area contributed by atoms with Crippen LogP contribution >= 0.6 is 0 Å². The normalized spacial score (nSPS) is 18.3. The summed E-state index contributed by atoms with van der Waals surface area (Å²) in [4.78, 5) is 51.0. The zero-order chi connectivity index (χ0) is 24.4. The van der Waals surface area contributed by atoms with Gasteiger partial charge < -0.3 is 32.1 Å². The molecule has 0 radical (unpaired) electrons. The van der Waals surface area contributed by atoms with Crippen LogP contribution in [0.2, 0.25) is 0 Å². The molecule has 0 bridgehead atoms. The first-order valence-corrected chi connectivity index (χ1v) is 11.4. The first-order chi connectivity index (χ1) is 15.7. The number of carbonyl (C=O) groups is 4. The zero-order valence-electron chi connectivity index (χ0n) is 19.0. The fourth-order valence-corrected chi connectivity index (χ4v) is 3.91. The molecule has 10 heteroatoms. The maximum absolute atomic E-state index is 12.9. The van der Waals surface area contributed by atoms with Gasteiger partial charge in [-0.2, -0.15) is 0 Å². The number of amides is 3. The number of unbranched alkanes of at least 4 members (excludes halogenated alkanes) is 1. The van der Waals surface area contributed by atoms with Crippen LogP contribution < -0.4 is 22.1 Å². The maximum Gasteiger partial charge on any atom is 0.326 e. The van der Waals surface area contributed by atoms with Crippen LogP contribution in [0.1, 0.15) is 44.6 Å². The summed E-state index contributed by atoms with van der Waals surface area (Å²) in [7, 11) is 0. The molecule has 1 heterocycles. The topological polar surface area (TPSA) is 168 Å². The number of rotatable bonds is 12. The van der Waals surface area contributed by atoms with Gasteiger partial charge in [-0.05, 0) is 57.6 Å². The number of likely N-dealkylation sites (tertiary alicyclic amines) is 1. The number of aliphatic carboxylic acids is 1. The molecule has 0 saturated carbocycles. The third-order valence-electron chi connectivity index (χ3n) is 5.77. The number of nitrogens with two attached hydrogens (primary N) is 2. The van der Waals surface area contributed by atoms with Crippen molar-refractivity contribution in [3.63, 3.8) is 0 Å². The second kappa shape index (κ2) is 12.9. The molecule has 1 aliphatic heterocycles. The highest BCUT2D eigenvalue weighted by molar-refractivity contribution is 5.94. The Hall–Kier alpha value is -2.98. The summed E-state index contributed by atoms with van der Waals surface area (Å²) in [5.74, 6) is -2.49. The van der Waals surface area contributed by atoms with Gasteiger partial charge in [0.2, 0.25) is 17.7 Å². The molecule has 1 aromatic rings. The molecular weight excluding hydrogens is 426 g/mol. The predicted molar refractivity (Wildman–Crippen MR) is 123 cm³/mol. The lowest BCUT2D eigenvalue weighted by atomic mass is 10.0. The number of hydrogen-bond donors (Lipinski definition) is 5. The monoisotopic (exact) mass is 461 g/mol. The Kier molecular flexibility index (Phi) is 10.3. The van der Waals surface area contributed by atoms with E-state index >= 15 is 0 Å². The van der Waals surface area contributed by atoms with E-state index in [-0.39, 0.29) is 0 Å². The van der Waals surface area contributed by atoms with Crippen molar-refractivity contribution >= 4 is 23.7 Å². The molecule has 182 valence electrons. The molecular formula is C23H35N5O5. The average molecular weight is 462 g/mol. The van der Waals surface area contributed by atoms with Crippen molar-refractivity contribution in [2.45, 2.75) is 69.6 Å². The smallest absolute Gasteiger partial charge is 0.326 e. The first-order valence-electron chi connectivity index (χ1n) is 11.4. The number of benzene rings is 1. The standard InChI is InChI=1S/C23H35N5O5/c1-15(22(31)28-13-7-11-19(28)23(32)33)26-21(30)18(10-5-6-12-24)27-20(29)17(25)14-16-8-3-2-4-9-16/h2-4,8-9,15,17-19H,5-7,10-14,24-25H2,1H3,(H,26,30)(H,27,29)(H,32,33). The van der Waals surface area contributed by atoms with Gasteiger partial charge in [0.1, 0.15) is 18.1 Å². The molecule has 0 spiro atoms. The van der Waals surface area contributed by atoms with E-state index < -0.39 is 47.9 Å². The molecule has 4 unspecified atom stereocenters. The Morgan fingerprint density at radius 2 is 1.82 bits per heavy atom. The van der Waals surface area contributed by atoms with Gasteiger partial charge in [0.15, 0.2) is 0 Å². The zero-order valence-corrected chi connectivity index (χ0v) is 19.0. The molecule has 1 aromatic carbocycles. The Balaban J connectivity index is 1.99. The van der Waals surface area contributed by atoms with Crippen LogP contribution in [-0.2, 0) is 25.6 Å². The van der Waals surface area contributed by atoms with E-state index in [1.807, 2.05) is 30.3 Å². The number of nitrogens with one attached hydrogen (secondary N) is 2. The summed E-state index contributed by atoms with van der Waals surface area (Å²) in [6, 6.07) is 5.80. The lowest BCUT2D eigenvalue weighted by Gasteiger charge is -2.27. The van der Waals surface area contributed by atoms with E-state index in [1.165, 1.54) is 11.8 Å². The van der Waals surface area contributed by atoms with Crippen LogP contribution in [0.15, 0.2) is 30.3 Å². The predicted octanol–water partition coefficient (Wildman–Crippen LogP) is -0.249. The minimum Gasteiger partial charge on any atom is -0.480 e. The molecule has 1 aliphatic rings. The van der Waals surface area contributed by atoms with Crippen molar-refractivity contribution in [2.75, 3.05) is 13.1 Å². The fourth-order valence-electron chi connectivity index (χ4n) is 3.91. The van der Waals surface area contributed by atoms with Gasteiger partial charge in [-0.3, -0.25) is 14.4 Å². The van der Waals surface area contributed by atoms with Crippen molar-refractivity contribution in [3.8, 4) is 0 Å². The quantitative estimate of drug-likeness (QED) is 0.267. The summed E-state index contributed by atoms with van der Waals surface area (Å²) in [6.45, 7) is 2.30. The van der Waals surface area contributed by atoms with Crippen LogP contribution in [0.3, 0.4) is 0 Å². The molecule has 4 atom stereocenters. The Morgan fingerprint density at radius 1 is 1.12 bits per heavy atom. The van der Waals surface area contributed by atoms with Crippen LogP contribution in [0.25, 0.3) is 0 Å². The lowest BCUT2D eigenvalue weighted by molar-refractivity contribution is -0.149. The number of carboxylic acid groups (broad SMARTS) is 1. The summed E-state index contributed by atoms with van der Waals surface area (Å²) < 4.78 is 0.